The van der Waals surface area contributed by atoms with Gasteiger partial charge < -0.3 is 15.4 Å². The predicted octanol–water partition coefficient (Wildman–Crippen LogP) is 3.08. The molecule has 0 bridgehead atoms. The molecule has 2 heterocycles. The molecule has 8 heteroatoms. The SMILES string of the molecule is N#CCCN1CCN([C@@H](C(=O)O)c2c[nH]c3ccc(NC(=O)c4ccccc4)cc23)CC1. The lowest BCUT2D eigenvalue weighted by molar-refractivity contribution is -0.144. The van der Waals surface area contributed by atoms with Crippen LogP contribution in [0.5, 0.6) is 0 Å². The molecule has 3 aromatic rings. The molecule has 1 amide bonds. The Labute approximate surface area is 186 Å². The molecule has 2 aromatic carbocycles. The molecule has 1 aliphatic rings. The fourth-order valence-corrected chi connectivity index (χ4v) is 4.18. The van der Waals surface area contributed by atoms with Crippen LogP contribution < -0.4 is 5.32 Å². The number of aliphatic carboxylic acids is 1. The van der Waals surface area contributed by atoms with Crippen molar-refractivity contribution in [2.45, 2.75) is 12.5 Å². The zero-order chi connectivity index (χ0) is 22.5. The van der Waals surface area contributed by atoms with E-state index in [1.807, 2.05) is 23.1 Å². The summed E-state index contributed by atoms with van der Waals surface area (Å²) < 4.78 is 0. The van der Waals surface area contributed by atoms with Gasteiger partial charge in [0.2, 0.25) is 0 Å². The molecule has 0 saturated carbocycles. The number of carboxylic acids is 1. The van der Waals surface area contributed by atoms with E-state index >= 15 is 0 Å². The number of carbonyl (C=O) groups is 2. The molecule has 0 spiro atoms. The molecule has 4 rings (SSSR count). The smallest absolute Gasteiger partial charge is 0.325 e. The molecule has 8 nitrogen and oxygen atoms in total. The summed E-state index contributed by atoms with van der Waals surface area (Å²) in [7, 11) is 0. The van der Waals surface area contributed by atoms with Gasteiger partial charge in [-0.1, -0.05) is 18.2 Å². The van der Waals surface area contributed by atoms with E-state index in [0.29, 0.717) is 42.9 Å². The summed E-state index contributed by atoms with van der Waals surface area (Å²) in [5.41, 5.74) is 2.66. The van der Waals surface area contributed by atoms with Gasteiger partial charge in [0.15, 0.2) is 0 Å². The van der Waals surface area contributed by atoms with Gasteiger partial charge >= 0.3 is 5.97 Å². The van der Waals surface area contributed by atoms with Gasteiger partial charge in [-0.05, 0) is 30.3 Å². The zero-order valence-corrected chi connectivity index (χ0v) is 17.6. The number of piperazine rings is 1. The Morgan fingerprint density at radius 1 is 1.12 bits per heavy atom. The number of hydrogen-bond acceptors (Lipinski definition) is 5. The van der Waals surface area contributed by atoms with E-state index in [1.54, 1.807) is 36.5 Å². The number of amides is 1. The van der Waals surface area contributed by atoms with Crippen molar-refractivity contribution >= 4 is 28.5 Å². The predicted molar refractivity (Wildman–Crippen MR) is 121 cm³/mol. The zero-order valence-electron chi connectivity index (χ0n) is 17.6. The monoisotopic (exact) mass is 431 g/mol. The van der Waals surface area contributed by atoms with Crippen LogP contribution in [0.2, 0.25) is 0 Å². The highest BCUT2D eigenvalue weighted by Crippen LogP contribution is 2.31. The second-order valence-corrected chi connectivity index (χ2v) is 7.85. The average molecular weight is 431 g/mol. The van der Waals surface area contributed by atoms with Crippen LogP contribution in [0.1, 0.15) is 28.4 Å². The maximum Gasteiger partial charge on any atom is 0.325 e. The fourth-order valence-electron chi connectivity index (χ4n) is 4.18. The van der Waals surface area contributed by atoms with E-state index in [-0.39, 0.29) is 5.91 Å². The minimum Gasteiger partial charge on any atom is -0.480 e. The van der Waals surface area contributed by atoms with E-state index in [9.17, 15) is 14.7 Å². The number of H-pyrrole nitrogens is 1. The van der Waals surface area contributed by atoms with Crippen LogP contribution in [0.25, 0.3) is 10.9 Å². The number of nitrogens with one attached hydrogen (secondary N) is 2. The number of carbonyl (C=O) groups excluding carboxylic acids is 1. The molecular formula is C24H25N5O3. The highest BCUT2D eigenvalue weighted by atomic mass is 16.4. The second kappa shape index (κ2) is 9.64. The molecular weight excluding hydrogens is 406 g/mol. The second-order valence-electron chi connectivity index (χ2n) is 7.85. The van der Waals surface area contributed by atoms with E-state index in [1.165, 1.54) is 0 Å². The minimum atomic E-state index is -0.907. The third kappa shape index (κ3) is 4.64. The van der Waals surface area contributed by atoms with Crippen LogP contribution in [0.15, 0.2) is 54.7 Å². The maximum atomic E-state index is 12.5. The first-order chi connectivity index (χ1) is 15.6. The van der Waals surface area contributed by atoms with Gasteiger partial charge in [0.25, 0.3) is 5.91 Å². The van der Waals surface area contributed by atoms with Gasteiger partial charge in [-0.15, -0.1) is 0 Å². The van der Waals surface area contributed by atoms with Crippen LogP contribution in [0.4, 0.5) is 5.69 Å². The molecule has 0 radical (unpaired) electrons. The Bertz CT molecular complexity index is 1140. The molecule has 3 N–H and O–H groups in total. The number of anilines is 1. The van der Waals surface area contributed by atoms with Crippen molar-refractivity contribution in [3.63, 3.8) is 0 Å². The van der Waals surface area contributed by atoms with Crippen molar-refractivity contribution in [1.82, 2.24) is 14.8 Å². The Balaban J connectivity index is 1.56. The van der Waals surface area contributed by atoms with Crippen molar-refractivity contribution in [2.75, 3.05) is 38.0 Å². The number of hydrogen-bond donors (Lipinski definition) is 3. The summed E-state index contributed by atoms with van der Waals surface area (Å²) in [6.07, 6.45) is 2.22. The van der Waals surface area contributed by atoms with E-state index < -0.39 is 12.0 Å². The molecule has 0 unspecified atom stereocenters. The normalized spacial score (nSPS) is 15.8. The number of aromatic amines is 1. The number of nitrogens with zero attached hydrogens (tertiary/aromatic N) is 3. The summed E-state index contributed by atoms with van der Waals surface area (Å²) in [5, 5.41) is 22.5. The van der Waals surface area contributed by atoms with Gasteiger partial charge in [-0.25, -0.2) is 0 Å². The van der Waals surface area contributed by atoms with Crippen LogP contribution in [-0.4, -0.2) is 64.5 Å². The van der Waals surface area contributed by atoms with E-state index in [0.717, 1.165) is 24.0 Å². The van der Waals surface area contributed by atoms with Crippen molar-refractivity contribution in [1.29, 1.82) is 5.26 Å². The lowest BCUT2D eigenvalue weighted by atomic mass is 10.0. The number of nitriles is 1. The van der Waals surface area contributed by atoms with Crippen molar-refractivity contribution in [3.8, 4) is 6.07 Å². The van der Waals surface area contributed by atoms with Gasteiger partial charge in [-0.2, -0.15) is 5.26 Å². The van der Waals surface area contributed by atoms with Gasteiger partial charge in [-0.3, -0.25) is 19.4 Å². The molecule has 164 valence electrons. The lowest BCUT2D eigenvalue weighted by Crippen LogP contribution is -2.49. The lowest BCUT2D eigenvalue weighted by Gasteiger charge is -2.37. The van der Waals surface area contributed by atoms with Crippen molar-refractivity contribution in [2.24, 2.45) is 0 Å². The highest BCUT2D eigenvalue weighted by Gasteiger charge is 2.32. The van der Waals surface area contributed by atoms with Gasteiger partial charge in [0, 0.05) is 73.1 Å². The summed E-state index contributed by atoms with van der Waals surface area (Å²) in [6.45, 7) is 3.39. The fraction of sp³-hybridized carbons (Fsp3) is 0.292. The van der Waals surface area contributed by atoms with Gasteiger partial charge in [0.1, 0.15) is 6.04 Å². The number of carboxylic acid groups (broad SMARTS) is 1. The van der Waals surface area contributed by atoms with Crippen molar-refractivity contribution < 1.29 is 14.7 Å². The molecule has 1 fully saturated rings. The van der Waals surface area contributed by atoms with Gasteiger partial charge in [0.05, 0.1) is 6.07 Å². The number of aromatic nitrogens is 1. The third-order valence-electron chi connectivity index (χ3n) is 5.85. The maximum absolute atomic E-state index is 12.5. The largest absolute Gasteiger partial charge is 0.480 e. The third-order valence-corrected chi connectivity index (χ3v) is 5.85. The van der Waals surface area contributed by atoms with Crippen LogP contribution in [0, 0.1) is 11.3 Å². The summed E-state index contributed by atoms with van der Waals surface area (Å²) in [4.78, 5) is 32.1. The molecule has 0 aliphatic carbocycles. The summed E-state index contributed by atoms with van der Waals surface area (Å²) in [5.74, 6) is -1.12. The first kappa shape index (κ1) is 21.6. The summed E-state index contributed by atoms with van der Waals surface area (Å²) in [6, 6.07) is 15.8. The first-order valence-electron chi connectivity index (χ1n) is 10.6. The first-order valence-corrected chi connectivity index (χ1v) is 10.6. The number of fused-ring (bicyclic) bond motifs is 1. The summed E-state index contributed by atoms with van der Waals surface area (Å²) >= 11 is 0. The molecule has 32 heavy (non-hydrogen) atoms. The Kier molecular flexibility index (Phi) is 6.50. The van der Waals surface area contributed by atoms with Crippen molar-refractivity contribution in [3.05, 3.63) is 65.9 Å². The minimum absolute atomic E-state index is 0.217. The van der Waals surface area contributed by atoms with Crippen LogP contribution >= 0.6 is 0 Å². The Hall–Kier alpha value is -3.67. The molecule has 1 aromatic heterocycles. The highest BCUT2D eigenvalue weighted by molar-refractivity contribution is 6.05. The molecule has 1 atom stereocenters. The number of rotatable bonds is 7. The molecule has 1 aliphatic heterocycles. The number of benzene rings is 2. The molecule has 1 saturated heterocycles. The van der Waals surface area contributed by atoms with Crippen LogP contribution in [0.3, 0.4) is 0 Å². The average Bonchev–Trinajstić information content (AvgIpc) is 3.22. The topological polar surface area (TPSA) is 112 Å². The van der Waals surface area contributed by atoms with E-state index in [2.05, 4.69) is 21.3 Å². The van der Waals surface area contributed by atoms with E-state index in [4.69, 9.17) is 5.26 Å². The standard InChI is InChI=1S/C24H25N5O3/c25-9-4-10-28-11-13-29(14-12-28)22(24(31)32)20-16-26-21-8-7-18(15-19(20)21)27-23(30)17-5-2-1-3-6-17/h1-3,5-8,15-16,22,26H,4,10-14H2,(H,27,30)(H,31,32)/t22-/m1/s1. The Morgan fingerprint density at radius 3 is 2.56 bits per heavy atom. The van der Waals surface area contributed by atoms with Crippen LogP contribution in [-0.2, 0) is 4.79 Å². The Morgan fingerprint density at radius 2 is 1.88 bits per heavy atom. The quantitative estimate of drug-likeness (QED) is 0.530.